The second kappa shape index (κ2) is 7.24. The van der Waals surface area contributed by atoms with Crippen molar-refractivity contribution in [2.45, 2.75) is 46.5 Å². The molecule has 0 atom stereocenters. The Morgan fingerprint density at radius 1 is 1.00 bits per heavy atom. The molecule has 0 heterocycles. The summed E-state index contributed by atoms with van der Waals surface area (Å²) in [7, 11) is 2.22. The number of nitrogens with zero attached hydrogens (tertiary/aromatic N) is 1. The highest BCUT2D eigenvalue weighted by atomic mass is 15.1. The molecule has 2 nitrogen and oxygen atoms in total. The van der Waals surface area contributed by atoms with Crippen molar-refractivity contribution in [1.29, 1.82) is 0 Å². The first-order chi connectivity index (χ1) is 6.45. The molecule has 2 N–H and O–H groups in total. The van der Waals surface area contributed by atoms with Gasteiger partial charge in [-0.15, -0.1) is 0 Å². The van der Waals surface area contributed by atoms with E-state index in [0.29, 0.717) is 5.41 Å². The standard InChI is InChI=1S/C12H28N2/c1-12(2,3)11-14(4)10-8-6-5-7-9-13/h5-11,13H2,1-4H3. The second-order valence-corrected chi connectivity index (χ2v) is 5.50. The van der Waals surface area contributed by atoms with Crippen LogP contribution < -0.4 is 5.73 Å². The molecule has 0 aromatic carbocycles. The maximum absolute atomic E-state index is 5.44. The average Bonchev–Trinajstić information content (AvgIpc) is 2.00. The summed E-state index contributed by atoms with van der Waals surface area (Å²) in [6, 6.07) is 0. The number of rotatable bonds is 7. The molecule has 0 saturated heterocycles. The number of unbranched alkanes of at least 4 members (excludes halogenated alkanes) is 3. The summed E-state index contributed by atoms with van der Waals surface area (Å²) in [4.78, 5) is 2.43. The largest absolute Gasteiger partial charge is 0.330 e. The van der Waals surface area contributed by atoms with Crippen molar-refractivity contribution < 1.29 is 0 Å². The van der Waals surface area contributed by atoms with E-state index < -0.39 is 0 Å². The highest BCUT2D eigenvalue weighted by molar-refractivity contribution is 4.66. The fraction of sp³-hybridized carbons (Fsp3) is 1.00. The summed E-state index contributed by atoms with van der Waals surface area (Å²) in [6.45, 7) is 10.1. The van der Waals surface area contributed by atoms with E-state index in [4.69, 9.17) is 5.73 Å². The minimum atomic E-state index is 0.423. The predicted molar refractivity (Wildman–Crippen MR) is 64.5 cm³/mol. The van der Waals surface area contributed by atoms with Crippen LogP contribution in [0, 0.1) is 5.41 Å². The summed E-state index contributed by atoms with van der Waals surface area (Å²) < 4.78 is 0. The van der Waals surface area contributed by atoms with Crippen LogP contribution >= 0.6 is 0 Å². The first kappa shape index (κ1) is 13.9. The minimum absolute atomic E-state index is 0.423. The zero-order chi connectivity index (χ0) is 11.0. The van der Waals surface area contributed by atoms with Crippen LogP contribution in [0.4, 0.5) is 0 Å². The van der Waals surface area contributed by atoms with Gasteiger partial charge in [0.2, 0.25) is 0 Å². The van der Waals surface area contributed by atoms with Crippen LogP contribution in [0.3, 0.4) is 0 Å². The molecule has 14 heavy (non-hydrogen) atoms. The van der Waals surface area contributed by atoms with Crippen molar-refractivity contribution >= 4 is 0 Å². The predicted octanol–water partition coefficient (Wildman–Crippen LogP) is 2.48. The molecule has 0 spiro atoms. The van der Waals surface area contributed by atoms with Gasteiger partial charge in [-0.1, -0.05) is 33.6 Å². The third-order valence-electron chi connectivity index (χ3n) is 2.24. The second-order valence-electron chi connectivity index (χ2n) is 5.50. The van der Waals surface area contributed by atoms with Crippen molar-refractivity contribution in [3.05, 3.63) is 0 Å². The molecule has 0 bridgehead atoms. The molecule has 0 aliphatic heterocycles. The van der Waals surface area contributed by atoms with Gasteiger partial charge in [0.15, 0.2) is 0 Å². The van der Waals surface area contributed by atoms with E-state index >= 15 is 0 Å². The van der Waals surface area contributed by atoms with E-state index in [0.717, 1.165) is 6.54 Å². The van der Waals surface area contributed by atoms with Crippen molar-refractivity contribution in [3.8, 4) is 0 Å². The minimum Gasteiger partial charge on any atom is -0.330 e. The third kappa shape index (κ3) is 10.0. The van der Waals surface area contributed by atoms with Crippen LogP contribution in [-0.4, -0.2) is 31.6 Å². The first-order valence-corrected chi connectivity index (χ1v) is 5.84. The molecule has 0 rings (SSSR count). The van der Waals surface area contributed by atoms with Crippen LogP contribution in [0.15, 0.2) is 0 Å². The van der Waals surface area contributed by atoms with Crippen LogP contribution in [-0.2, 0) is 0 Å². The van der Waals surface area contributed by atoms with Gasteiger partial charge in [-0.25, -0.2) is 0 Å². The van der Waals surface area contributed by atoms with Gasteiger partial charge in [0, 0.05) is 6.54 Å². The lowest BCUT2D eigenvalue weighted by molar-refractivity contribution is 0.223. The normalized spacial score (nSPS) is 12.4. The molecule has 0 aromatic heterocycles. The highest BCUT2D eigenvalue weighted by Crippen LogP contribution is 2.14. The SMILES string of the molecule is CN(CCCCCCN)CC(C)(C)C. The Bertz CT molecular complexity index is 127. The van der Waals surface area contributed by atoms with E-state index in [-0.39, 0.29) is 0 Å². The lowest BCUT2D eigenvalue weighted by Gasteiger charge is -2.26. The van der Waals surface area contributed by atoms with Gasteiger partial charge in [-0.3, -0.25) is 0 Å². The van der Waals surface area contributed by atoms with Gasteiger partial charge >= 0.3 is 0 Å². The molecule has 86 valence electrons. The van der Waals surface area contributed by atoms with Crippen LogP contribution in [0.5, 0.6) is 0 Å². The molecular weight excluding hydrogens is 172 g/mol. The van der Waals surface area contributed by atoms with Gasteiger partial charge in [0.25, 0.3) is 0 Å². The van der Waals surface area contributed by atoms with Crippen LogP contribution in [0.25, 0.3) is 0 Å². The van der Waals surface area contributed by atoms with Crippen molar-refractivity contribution in [1.82, 2.24) is 4.90 Å². The highest BCUT2D eigenvalue weighted by Gasteiger charge is 2.12. The molecule has 0 fully saturated rings. The van der Waals surface area contributed by atoms with E-state index in [1.54, 1.807) is 0 Å². The molecule has 0 unspecified atom stereocenters. The summed E-state index contributed by atoms with van der Waals surface area (Å²) in [5.74, 6) is 0. The van der Waals surface area contributed by atoms with E-state index in [2.05, 4.69) is 32.7 Å². The Morgan fingerprint density at radius 2 is 1.57 bits per heavy atom. The lowest BCUT2D eigenvalue weighted by atomic mass is 9.96. The lowest BCUT2D eigenvalue weighted by Crippen LogP contribution is -2.30. The average molecular weight is 200 g/mol. The quantitative estimate of drug-likeness (QED) is 0.640. The van der Waals surface area contributed by atoms with E-state index in [1.807, 2.05) is 0 Å². The van der Waals surface area contributed by atoms with Crippen molar-refractivity contribution in [2.24, 2.45) is 11.1 Å². The van der Waals surface area contributed by atoms with Crippen LogP contribution in [0.1, 0.15) is 46.5 Å². The van der Waals surface area contributed by atoms with Crippen molar-refractivity contribution in [2.75, 3.05) is 26.7 Å². The van der Waals surface area contributed by atoms with Gasteiger partial charge < -0.3 is 10.6 Å². The molecule has 2 heteroatoms. The van der Waals surface area contributed by atoms with Gasteiger partial charge in [0.05, 0.1) is 0 Å². The topological polar surface area (TPSA) is 29.3 Å². The Kier molecular flexibility index (Phi) is 7.20. The Hall–Kier alpha value is -0.0800. The monoisotopic (exact) mass is 200 g/mol. The first-order valence-electron chi connectivity index (χ1n) is 5.84. The molecule has 0 aromatic rings. The van der Waals surface area contributed by atoms with Gasteiger partial charge in [-0.2, -0.15) is 0 Å². The number of nitrogens with two attached hydrogens (primary N) is 1. The summed E-state index contributed by atoms with van der Waals surface area (Å²) in [6.07, 6.45) is 5.11. The summed E-state index contributed by atoms with van der Waals surface area (Å²) in [5, 5.41) is 0. The smallest absolute Gasteiger partial charge is 0.00270 e. The van der Waals surface area contributed by atoms with Crippen LogP contribution in [0.2, 0.25) is 0 Å². The maximum Gasteiger partial charge on any atom is 0.00270 e. The molecule has 0 saturated carbocycles. The van der Waals surface area contributed by atoms with E-state index in [1.165, 1.54) is 38.8 Å². The van der Waals surface area contributed by atoms with Crippen molar-refractivity contribution in [3.63, 3.8) is 0 Å². The Labute approximate surface area is 89.9 Å². The van der Waals surface area contributed by atoms with E-state index in [9.17, 15) is 0 Å². The fourth-order valence-corrected chi connectivity index (χ4v) is 1.77. The molecule has 0 amide bonds. The van der Waals surface area contributed by atoms with Gasteiger partial charge in [0.1, 0.15) is 0 Å². The zero-order valence-electron chi connectivity index (χ0n) is 10.5. The third-order valence-corrected chi connectivity index (χ3v) is 2.24. The maximum atomic E-state index is 5.44. The Balaban J connectivity index is 3.31. The van der Waals surface area contributed by atoms with Gasteiger partial charge in [-0.05, 0) is 38.4 Å². The Morgan fingerprint density at radius 3 is 2.07 bits per heavy atom. The molecule has 0 radical (unpaired) electrons. The number of hydrogen-bond donors (Lipinski definition) is 1. The molecular formula is C12H28N2. The molecule has 0 aliphatic rings. The summed E-state index contributed by atoms with van der Waals surface area (Å²) in [5.41, 5.74) is 5.87. The number of hydrogen-bond acceptors (Lipinski definition) is 2. The zero-order valence-corrected chi connectivity index (χ0v) is 10.5. The summed E-state index contributed by atoms with van der Waals surface area (Å²) >= 11 is 0. The molecule has 0 aliphatic carbocycles. The fourth-order valence-electron chi connectivity index (χ4n) is 1.77.